The summed E-state index contributed by atoms with van der Waals surface area (Å²) in [6, 6.07) is 14.7. The third-order valence-corrected chi connectivity index (χ3v) is 6.66. The van der Waals surface area contributed by atoms with Crippen molar-refractivity contribution >= 4 is 46.5 Å². The Morgan fingerprint density at radius 3 is 2.62 bits per heavy atom. The molecule has 2 aliphatic rings. The lowest BCUT2D eigenvalue weighted by Crippen LogP contribution is -2.44. The van der Waals surface area contributed by atoms with Crippen molar-refractivity contribution in [2.24, 2.45) is 0 Å². The summed E-state index contributed by atoms with van der Waals surface area (Å²) in [6.07, 6.45) is 4.68. The average molecular weight is 471 g/mol. The van der Waals surface area contributed by atoms with Gasteiger partial charge in [-0.15, -0.1) is 0 Å². The number of benzene rings is 2. The molecule has 0 aliphatic carbocycles. The fraction of sp³-hybridized carbons (Fsp3) is 0.292. The molecule has 2 aromatic rings. The van der Waals surface area contributed by atoms with Crippen LogP contribution in [0.4, 0.5) is 4.79 Å². The number of amides is 3. The van der Waals surface area contributed by atoms with Crippen LogP contribution in [-0.2, 0) is 16.2 Å². The molecule has 2 aromatic carbocycles. The van der Waals surface area contributed by atoms with Gasteiger partial charge in [0.05, 0.1) is 4.91 Å². The summed E-state index contributed by atoms with van der Waals surface area (Å²) in [5.74, 6) is 0.00847. The Balaban J connectivity index is 1.41. The summed E-state index contributed by atoms with van der Waals surface area (Å²) in [6.45, 7) is 1.49. The van der Waals surface area contributed by atoms with Crippen molar-refractivity contribution in [3.05, 3.63) is 69.6 Å². The van der Waals surface area contributed by atoms with Gasteiger partial charge < -0.3 is 9.64 Å². The van der Waals surface area contributed by atoms with Crippen molar-refractivity contribution in [2.75, 3.05) is 19.6 Å². The highest BCUT2D eigenvalue weighted by molar-refractivity contribution is 8.18. The standard InChI is InChI=1S/C24H23ClN2O4S/c25-20-10-3-2-8-18(20)16-31-19-9-6-7-17(13-19)14-21-23(29)27(24(30)32-21)15-22(28)26-11-4-1-5-12-26/h2-3,6-10,13-14H,1,4-5,11-12,15-16H2/b21-14+. The van der Waals surface area contributed by atoms with Gasteiger partial charge in [-0.25, -0.2) is 0 Å². The lowest BCUT2D eigenvalue weighted by molar-refractivity contribution is -0.136. The fourth-order valence-electron chi connectivity index (χ4n) is 3.64. The molecule has 0 bridgehead atoms. The van der Waals surface area contributed by atoms with E-state index in [1.807, 2.05) is 42.5 Å². The van der Waals surface area contributed by atoms with Gasteiger partial charge in [0, 0.05) is 23.7 Å². The SMILES string of the molecule is O=C(CN1C(=O)S/C(=C/c2cccc(OCc3ccccc3Cl)c2)C1=O)N1CCCCC1. The molecule has 0 unspecified atom stereocenters. The topological polar surface area (TPSA) is 66.9 Å². The maximum atomic E-state index is 12.8. The first-order valence-corrected chi connectivity index (χ1v) is 11.7. The predicted molar refractivity (Wildman–Crippen MR) is 125 cm³/mol. The van der Waals surface area contributed by atoms with E-state index in [-0.39, 0.29) is 12.5 Å². The number of hydrogen-bond acceptors (Lipinski definition) is 5. The third kappa shape index (κ3) is 5.34. The number of carbonyl (C=O) groups excluding carboxylic acids is 3. The molecule has 6 nitrogen and oxygen atoms in total. The number of thioether (sulfide) groups is 1. The van der Waals surface area contributed by atoms with E-state index >= 15 is 0 Å². The van der Waals surface area contributed by atoms with Gasteiger partial charge >= 0.3 is 0 Å². The van der Waals surface area contributed by atoms with Gasteiger partial charge in [-0.2, -0.15) is 0 Å². The summed E-state index contributed by atoms with van der Waals surface area (Å²) in [7, 11) is 0. The number of nitrogens with zero attached hydrogens (tertiary/aromatic N) is 2. The van der Waals surface area contributed by atoms with E-state index in [4.69, 9.17) is 16.3 Å². The van der Waals surface area contributed by atoms with Crippen molar-refractivity contribution < 1.29 is 19.1 Å². The quantitative estimate of drug-likeness (QED) is 0.558. The zero-order valence-corrected chi connectivity index (χ0v) is 19.0. The van der Waals surface area contributed by atoms with Gasteiger partial charge in [-0.1, -0.05) is 41.9 Å². The van der Waals surface area contributed by atoms with Crippen LogP contribution in [0.25, 0.3) is 6.08 Å². The van der Waals surface area contributed by atoms with Crippen molar-refractivity contribution in [1.82, 2.24) is 9.80 Å². The summed E-state index contributed by atoms with van der Waals surface area (Å²) in [5, 5.41) is 0.217. The molecule has 0 spiro atoms. The monoisotopic (exact) mass is 470 g/mol. The first-order chi connectivity index (χ1) is 15.5. The smallest absolute Gasteiger partial charge is 0.294 e. The number of imide groups is 1. The maximum Gasteiger partial charge on any atom is 0.294 e. The average Bonchev–Trinajstić information content (AvgIpc) is 3.06. The number of likely N-dealkylation sites (tertiary alicyclic amines) is 1. The van der Waals surface area contributed by atoms with Gasteiger partial charge in [-0.3, -0.25) is 19.3 Å². The predicted octanol–water partition coefficient (Wildman–Crippen LogP) is 4.97. The van der Waals surface area contributed by atoms with Crippen molar-refractivity contribution in [3.8, 4) is 5.75 Å². The van der Waals surface area contributed by atoms with Crippen LogP contribution in [0.5, 0.6) is 5.75 Å². The summed E-state index contributed by atoms with van der Waals surface area (Å²) < 4.78 is 5.83. The zero-order chi connectivity index (χ0) is 22.5. The first-order valence-electron chi connectivity index (χ1n) is 10.5. The second-order valence-corrected chi connectivity index (χ2v) is 9.06. The van der Waals surface area contributed by atoms with Gasteiger partial charge in [-0.05, 0) is 60.9 Å². The Morgan fingerprint density at radius 2 is 1.84 bits per heavy atom. The van der Waals surface area contributed by atoms with E-state index in [9.17, 15) is 14.4 Å². The molecule has 166 valence electrons. The lowest BCUT2D eigenvalue weighted by atomic mass is 10.1. The Hall–Kier alpha value is -2.77. The highest BCUT2D eigenvalue weighted by atomic mass is 35.5. The molecule has 3 amide bonds. The van der Waals surface area contributed by atoms with Crippen LogP contribution in [0.1, 0.15) is 30.4 Å². The second-order valence-electron chi connectivity index (χ2n) is 7.66. The first kappa shape index (κ1) is 22.4. The molecule has 2 heterocycles. The molecule has 4 rings (SSSR count). The largest absolute Gasteiger partial charge is 0.489 e. The normalized spacial score (nSPS) is 17.8. The molecule has 0 saturated carbocycles. The van der Waals surface area contributed by atoms with Crippen LogP contribution < -0.4 is 4.74 Å². The van der Waals surface area contributed by atoms with Crippen LogP contribution >= 0.6 is 23.4 Å². The van der Waals surface area contributed by atoms with Crippen LogP contribution in [0, 0.1) is 0 Å². The highest BCUT2D eigenvalue weighted by Gasteiger charge is 2.37. The number of hydrogen-bond donors (Lipinski definition) is 0. The summed E-state index contributed by atoms with van der Waals surface area (Å²) >= 11 is 7.02. The zero-order valence-electron chi connectivity index (χ0n) is 17.5. The number of carbonyl (C=O) groups is 3. The molecule has 2 fully saturated rings. The van der Waals surface area contributed by atoms with E-state index in [1.54, 1.807) is 17.0 Å². The molecular formula is C24H23ClN2O4S. The van der Waals surface area contributed by atoms with Crippen molar-refractivity contribution in [2.45, 2.75) is 25.9 Å². The Kier molecular flexibility index (Phi) is 7.17. The number of halogens is 1. The van der Waals surface area contributed by atoms with Gasteiger partial charge in [0.25, 0.3) is 11.1 Å². The van der Waals surface area contributed by atoms with Crippen LogP contribution in [0.15, 0.2) is 53.4 Å². The Bertz CT molecular complexity index is 1070. The highest BCUT2D eigenvalue weighted by Crippen LogP contribution is 2.33. The molecule has 0 aromatic heterocycles. The molecule has 8 heteroatoms. The van der Waals surface area contributed by atoms with Crippen molar-refractivity contribution in [3.63, 3.8) is 0 Å². The molecule has 0 atom stereocenters. The van der Waals surface area contributed by atoms with E-state index in [2.05, 4.69) is 0 Å². The minimum atomic E-state index is -0.437. The van der Waals surface area contributed by atoms with Gasteiger partial charge in [0.2, 0.25) is 5.91 Å². The van der Waals surface area contributed by atoms with Crippen LogP contribution in [0.3, 0.4) is 0 Å². The van der Waals surface area contributed by atoms with E-state index in [0.29, 0.717) is 35.4 Å². The molecule has 32 heavy (non-hydrogen) atoms. The molecule has 2 saturated heterocycles. The van der Waals surface area contributed by atoms with Gasteiger partial charge in [0.15, 0.2) is 0 Å². The number of rotatable bonds is 6. The lowest BCUT2D eigenvalue weighted by Gasteiger charge is -2.27. The second kappa shape index (κ2) is 10.2. The summed E-state index contributed by atoms with van der Waals surface area (Å²) in [5.41, 5.74) is 1.61. The Morgan fingerprint density at radius 1 is 1.06 bits per heavy atom. The molecule has 2 aliphatic heterocycles. The summed E-state index contributed by atoms with van der Waals surface area (Å²) in [4.78, 5) is 40.7. The molecule has 0 N–H and O–H groups in total. The number of piperidine rings is 1. The van der Waals surface area contributed by atoms with E-state index in [1.165, 1.54) is 0 Å². The van der Waals surface area contributed by atoms with E-state index < -0.39 is 11.1 Å². The van der Waals surface area contributed by atoms with E-state index in [0.717, 1.165) is 47.1 Å². The van der Waals surface area contributed by atoms with Crippen LogP contribution in [0.2, 0.25) is 5.02 Å². The minimum Gasteiger partial charge on any atom is -0.489 e. The van der Waals surface area contributed by atoms with Crippen LogP contribution in [-0.4, -0.2) is 46.5 Å². The fourth-order valence-corrected chi connectivity index (χ4v) is 4.67. The molecule has 0 radical (unpaired) electrons. The number of ether oxygens (including phenoxy) is 1. The van der Waals surface area contributed by atoms with Crippen molar-refractivity contribution in [1.29, 1.82) is 0 Å². The molecular weight excluding hydrogens is 448 g/mol. The third-order valence-electron chi connectivity index (χ3n) is 5.38. The Labute approximate surface area is 196 Å². The minimum absolute atomic E-state index is 0.178. The maximum absolute atomic E-state index is 12.8. The van der Waals surface area contributed by atoms with Gasteiger partial charge in [0.1, 0.15) is 18.9 Å².